The number of carbonyl (C=O) groups excluding carboxylic acids is 8. The van der Waals surface area contributed by atoms with Gasteiger partial charge in [0.1, 0.15) is 40.5 Å². The van der Waals surface area contributed by atoms with Crippen molar-refractivity contribution in [3.63, 3.8) is 0 Å². The summed E-state index contributed by atoms with van der Waals surface area (Å²) < 4.78 is 15.3. The molecule has 3 aliphatic heterocycles. The molecule has 3 heterocycles. The number of ether oxygens (including phenoxy) is 3. The van der Waals surface area contributed by atoms with Crippen LogP contribution in [0.1, 0.15) is 111 Å². The smallest absolute Gasteiger partial charge is 0.140 e. The average Bonchev–Trinajstić information content (AvgIpc) is 3.75. The first-order chi connectivity index (χ1) is 20.2. The maximum Gasteiger partial charge on any atom is 0.140 e. The predicted molar refractivity (Wildman–Crippen MR) is 155 cm³/mol. The van der Waals surface area contributed by atoms with Crippen LogP contribution in [-0.4, -0.2) is 83.9 Å². The molecule has 4 unspecified atom stereocenters. The SMILES string of the molecule is CC(=O)CC(=O)CCC1CO1.CC(=O)CC(=O)CCCCC1CO1.[CH2-]C(=O)CC(=O)CCC1OC1CCC(=O)CC(C)=O.[Y].[Y].[Y]. The number of hydrogen-bond donors (Lipinski definition) is 0. The molecule has 14 heteroatoms. The number of ketones is 8. The van der Waals surface area contributed by atoms with E-state index in [4.69, 9.17) is 14.2 Å². The second-order valence-corrected chi connectivity index (χ2v) is 11.5. The molecule has 46 heavy (non-hydrogen) atoms. The van der Waals surface area contributed by atoms with Gasteiger partial charge in [-0.2, -0.15) is 0 Å². The molecule has 0 aromatic rings. The Morgan fingerprint density at radius 1 is 0.522 bits per heavy atom. The Kier molecular flexibility index (Phi) is 32.2. The number of hydrogen-bond acceptors (Lipinski definition) is 11. The number of Topliss-reactive ketones (excluding diaryl/α,β-unsaturated/α-hetero) is 8. The Bertz CT molecular complexity index is 971. The van der Waals surface area contributed by atoms with Crippen LogP contribution < -0.4 is 0 Å². The Morgan fingerprint density at radius 3 is 1.24 bits per heavy atom. The summed E-state index contributed by atoms with van der Waals surface area (Å²) in [5.41, 5.74) is 0. The quantitative estimate of drug-likeness (QED) is 0.0675. The zero-order valence-electron chi connectivity index (χ0n) is 27.6. The molecule has 0 aliphatic carbocycles. The van der Waals surface area contributed by atoms with Gasteiger partial charge in [-0.15, -0.1) is 0 Å². The maximum atomic E-state index is 11.3. The summed E-state index contributed by atoms with van der Waals surface area (Å²) in [5.74, 6) is -0.656. The van der Waals surface area contributed by atoms with Crippen LogP contribution >= 0.6 is 0 Å². The van der Waals surface area contributed by atoms with E-state index < -0.39 is 0 Å². The Labute approximate surface area is 348 Å². The molecule has 0 aromatic heterocycles. The van der Waals surface area contributed by atoms with Crippen LogP contribution in [0.15, 0.2) is 0 Å². The third-order valence-electron chi connectivity index (χ3n) is 6.62. The molecule has 3 fully saturated rings. The molecule has 3 aliphatic rings. The van der Waals surface area contributed by atoms with E-state index in [1.807, 2.05) is 0 Å². The molecule has 0 N–H and O–H groups in total. The normalized spacial score (nSPS) is 19.4. The first-order valence-corrected chi connectivity index (χ1v) is 15.0. The van der Waals surface area contributed by atoms with E-state index in [-0.39, 0.29) is 182 Å². The first-order valence-electron chi connectivity index (χ1n) is 15.0. The molecule has 0 bridgehead atoms. The van der Waals surface area contributed by atoms with E-state index in [0.29, 0.717) is 50.7 Å². The minimum atomic E-state index is -0.368. The molecule has 0 saturated carbocycles. The van der Waals surface area contributed by atoms with Crippen molar-refractivity contribution in [3.05, 3.63) is 6.92 Å². The molecule has 0 amide bonds. The Balaban J connectivity index is -0.000000607. The standard InChI is InChI=1S/C14H19O5.C10H16O3.C8H12O3.3Y/c1-9(15)7-11(17)3-5-13-14(19-13)6-4-12(18)8-10(2)16;1-8(11)6-9(12)4-2-3-5-10-7-13-10;1-6(9)4-7(10)2-3-8-5-11-8;;;/h13-14H,1,3-8H2,2H3;10H,2-7H2,1H3;8H,2-5H2,1H3;;;/q-1;;;;;. The van der Waals surface area contributed by atoms with Crippen molar-refractivity contribution in [2.24, 2.45) is 0 Å². The molecule has 251 valence electrons. The summed E-state index contributed by atoms with van der Waals surface area (Å²) in [6.07, 6.45) is 7.49. The predicted octanol–water partition coefficient (Wildman–Crippen LogP) is 3.42. The summed E-state index contributed by atoms with van der Waals surface area (Å²) in [6, 6.07) is 0. The molecule has 11 nitrogen and oxygen atoms in total. The largest absolute Gasteiger partial charge is 0.373 e. The van der Waals surface area contributed by atoms with Crippen molar-refractivity contribution < 1.29 is 151 Å². The van der Waals surface area contributed by atoms with Gasteiger partial charge in [-0.25, -0.2) is 0 Å². The van der Waals surface area contributed by atoms with E-state index in [1.165, 1.54) is 20.8 Å². The summed E-state index contributed by atoms with van der Waals surface area (Å²) in [5, 5.41) is 0. The summed E-state index contributed by atoms with van der Waals surface area (Å²) in [7, 11) is 0. The van der Waals surface area contributed by atoms with Crippen molar-refractivity contribution >= 4 is 46.3 Å². The van der Waals surface area contributed by atoms with Crippen molar-refractivity contribution in [2.75, 3.05) is 13.2 Å². The Morgan fingerprint density at radius 2 is 0.870 bits per heavy atom. The minimum absolute atomic E-state index is 0. The molecule has 0 aromatic carbocycles. The van der Waals surface area contributed by atoms with E-state index >= 15 is 0 Å². The fraction of sp³-hybridized carbons (Fsp3) is 0.719. The van der Waals surface area contributed by atoms with Gasteiger partial charge in [-0.05, 0) is 52.9 Å². The molecule has 3 radical (unpaired) electrons. The van der Waals surface area contributed by atoms with Crippen LogP contribution in [0.3, 0.4) is 0 Å². The summed E-state index contributed by atoms with van der Waals surface area (Å²) in [4.78, 5) is 86.9. The van der Waals surface area contributed by atoms with E-state index in [2.05, 4.69) is 6.92 Å². The third-order valence-corrected chi connectivity index (χ3v) is 6.62. The average molecular weight is 874 g/mol. The number of epoxide rings is 3. The maximum absolute atomic E-state index is 11.3. The van der Waals surface area contributed by atoms with E-state index in [0.717, 1.165) is 38.9 Å². The van der Waals surface area contributed by atoms with Gasteiger partial charge in [0.05, 0.1) is 56.9 Å². The number of rotatable bonds is 22. The van der Waals surface area contributed by atoms with Crippen molar-refractivity contribution in [3.8, 4) is 0 Å². The molecule has 0 spiro atoms. The third kappa shape index (κ3) is 32.9. The van der Waals surface area contributed by atoms with E-state index in [1.54, 1.807) is 0 Å². The van der Waals surface area contributed by atoms with Gasteiger partial charge in [0, 0.05) is 136 Å². The molecule has 4 atom stereocenters. The zero-order valence-corrected chi connectivity index (χ0v) is 36.1. The first kappa shape index (κ1) is 50.8. The van der Waals surface area contributed by atoms with Gasteiger partial charge in [0.15, 0.2) is 0 Å². The van der Waals surface area contributed by atoms with Crippen LogP contribution in [0.25, 0.3) is 0 Å². The van der Waals surface area contributed by atoms with Crippen LogP contribution in [0.2, 0.25) is 0 Å². The fourth-order valence-electron chi connectivity index (χ4n) is 4.19. The fourth-order valence-corrected chi connectivity index (χ4v) is 4.19. The Hall–Kier alpha value is 0.422. The van der Waals surface area contributed by atoms with Crippen molar-refractivity contribution in [1.29, 1.82) is 0 Å². The van der Waals surface area contributed by atoms with Crippen LogP contribution in [-0.2, 0) is 151 Å². The van der Waals surface area contributed by atoms with Crippen molar-refractivity contribution in [2.45, 2.75) is 135 Å². The van der Waals surface area contributed by atoms with Gasteiger partial charge >= 0.3 is 0 Å². The van der Waals surface area contributed by atoms with Gasteiger partial charge in [0.2, 0.25) is 0 Å². The molecular weight excluding hydrogens is 827 g/mol. The molecular formula is C32H47O11Y3-. The van der Waals surface area contributed by atoms with Gasteiger partial charge < -0.3 is 25.9 Å². The summed E-state index contributed by atoms with van der Waals surface area (Å²) >= 11 is 0. The van der Waals surface area contributed by atoms with Gasteiger partial charge in [-0.1, -0.05) is 6.42 Å². The molecule has 3 saturated heterocycles. The molecule has 3 rings (SSSR count). The zero-order chi connectivity index (χ0) is 32.4. The van der Waals surface area contributed by atoms with Crippen molar-refractivity contribution in [1.82, 2.24) is 0 Å². The van der Waals surface area contributed by atoms with Crippen LogP contribution in [0, 0.1) is 6.92 Å². The number of unbranched alkanes of at least 4 members (excludes halogenated alkanes) is 1. The monoisotopic (exact) mass is 874 g/mol. The topological polar surface area (TPSA) is 174 Å². The second kappa shape index (κ2) is 29.2. The van der Waals surface area contributed by atoms with Gasteiger partial charge in [0.25, 0.3) is 0 Å². The summed E-state index contributed by atoms with van der Waals surface area (Å²) in [6.45, 7) is 9.11. The number of carbonyl (C=O) groups is 8. The van der Waals surface area contributed by atoms with E-state index in [9.17, 15) is 38.4 Å². The van der Waals surface area contributed by atoms with Gasteiger partial charge in [-0.3, -0.25) is 33.6 Å². The second-order valence-electron chi connectivity index (χ2n) is 11.5. The minimum Gasteiger partial charge on any atom is -0.373 e. The van der Waals surface area contributed by atoms with Crippen LogP contribution in [0.4, 0.5) is 0 Å². The van der Waals surface area contributed by atoms with Crippen LogP contribution in [0.5, 0.6) is 0 Å².